The minimum absolute atomic E-state index is 0.0764. The molecule has 0 heterocycles. The van der Waals surface area contributed by atoms with E-state index in [1.54, 1.807) is 13.3 Å². The standard InChI is InChI=1S/C7H14N2O2/c1-11-3-2-9-5-7(4-8)6-10/h4-5,10H,2-3,6,8H2,1H3. The predicted octanol–water partition coefficient (Wildman–Crippen LogP) is -0.461. The van der Waals surface area contributed by atoms with Gasteiger partial charge in [0.2, 0.25) is 0 Å². The molecule has 0 rings (SSSR count). The fourth-order valence-electron chi connectivity index (χ4n) is 0.462. The van der Waals surface area contributed by atoms with Gasteiger partial charge in [0.1, 0.15) is 0 Å². The first-order valence-corrected chi connectivity index (χ1v) is 3.35. The number of aliphatic hydroxyl groups is 1. The second-order valence-electron chi connectivity index (χ2n) is 1.93. The number of aliphatic hydroxyl groups excluding tert-OH is 1. The van der Waals surface area contributed by atoms with Crippen LogP contribution in [0.25, 0.3) is 0 Å². The summed E-state index contributed by atoms with van der Waals surface area (Å²) in [6.45, 7) is 1.10. The Balaban J connectivity index is 3.54. The molecule has 0 aromatic rings. The van der Waals surface area contributed by atoms with Crippen molar-refractivity contribution in [2.75, 3.05) is 26.9 Å². The van der Waals surface area contributed by atoms with Crippen molar-refractivity contribution in [2.45, 2.75) is 0 Å². The highest BCUT2D eigenvalue weighted by molar-refractivity contribution is 5.78. The third-order valence-electron chi connectivity index (χ3n) is 1.08. The van der Waals surface area contributed by atoms with Gasteiger partial charge in [-0.3, -0.25) is 4.99 Å². The van der Waals surface area contributed by atoms with Crippen molar-refractivity contribution in [1.82, 2.24) is 0 Å². The number of aliphatic imine (C=N–C) groups is 1. The molecule has 0 amide bonds. The van der Waals surface area contributed by atoms with Crippen molar-refractivity contribution in [1.29, 1.82) is 0 Å². The number of methoxy groups -OCH3 is 1. The van der Waals surface area contributed by atoms with Gasteiger partial charge in [-0.25, -0.2) is 0 Å². The molecule has 0 atom stereocenters. The van der Waals surface area contributed by atoms with Crippen molar-refractivity contribution in [3.8, 4) is 0 Å². The fourth-order valence-corrected chi connectivity index (χ4v) is 0.462. The molecule has 0 aliphatic carbocycles. The topological polar surface area (TPSA) is 67.8 Å². The molecular formula is C7H14N2O2. The summed E-state index contributed by atoms with van der Waals surface area (Å²) in [6.07, 6.45) is 2.87. The van der Waals surface area contributed by atoms with E-state index in [1.165, 1.54) is 6.20 Å². The van der Waals surface area contributed by atoms with E-state index in [4.69, 9.17) is 15.6 Å². The molecule has 0 aromatic carbocycles. The van der Waals surface area contributed by atoms with Crippen LogP contribution in [-0.4, -0.2) is 38.2 Å². The van der Waals surface area contributed by atoms with Crippen LogP contribution >= 0.6 is 0 Å². The van der Waals surface area contributed by atoms with Crippen LogP contribution in [0.1, 0.15) is 0 Å². The van der Waals surface area contributed by atoms with Crippen molar-refractivity contribution in [3.05, 3.63) is 11.8 Å². The van der Waals surface area contributed by atoms with Crippen LogP contribution in [0.4, 0.5) is 0 Å². The lowest BCUT2D eigenvalue weighted by Gasteiger charge is -1.93. The van der Waals surface area contributed by atoms with Gasteiger partial charge in [-0.05, 0) is 0 Å². The van der Waals surface area contributed by atoms with Gasteiger partial charge in [-0.1, -0.05) is 0 Å². The summed E-state index contributed by atoms with van der Waals surface area (Å²) < 4.78 is 4.76. The molecule has 4 heteroatoms. The van der Waals surface area contributed by atoms with E-state index in [0.29, 0.717) is 18.7 Å². The zero-order valence-electron chi connectivity index (χ0n) is 6.66. The maximum atomic E-state index is 8.61. The van der Waals surface area contributed by atoms with Crippen LogP contribution < -0.4 is 5.73 Å². The molecule has 4 nitrogen and oxygen atoms in total. The Labute approximate surface area is 66.4 Å². The van der Waals surface area contributed by atoms with Crippen LogP contribution in [0.15, 0.2) is 16.8 Å². The van der Waals surface area contributed by atoms with Gasteiger partial charge in [0.15, 0.2) is 0 Å². The van der Waals surface area contributed by atoms with Gasteiger partial charge >= 0.3 is 0 Å². The van der Waals surface area contributed by atoms with E-state index < -0.39 is 0 Å². The summed E-state index contributed by atoms with van der Waals surface area (Å²) >= 11 is 0. The highest BCUT2D eigenvalue weighted by atomic mass is 16.5. The summed E-state index contributed by atoms with van der Waals surface area (Å²) in [5, 5.41) is 8.61. The van der Waals surface area contributed by atoms with Crippen LogP contribution in [0.3, 0.4) is 0 Å². The highest BCUT2D eigenvalue weighted by Gasteiger charge is 1.86. The van der Waals surface area contributed by atoms with E-state index in [1.807, 2.05) is 0 Å². The van der Waals surface area contributed by atoms with E-state index in [0.717, 1.165) is 0 Å². The van der Waals surface area contributed by atoms with Gasteiger partial charge in [-0.2, -0.15) is 0 Å². The van der Waals surface area contributed by atoms with Gasteiger partial charge in [0, 0.05) is 25.1 Å². The number of nitrogens with zero attached hydrogens (tertiary/aromatic N) is 1. The Morgan fingerprint density at radius 2 is 2.45 bits per heavy atom. The smallest absolute Gasteiger partial charge is 0.0710 e. The Kier molecular flexibility index (Phi) is 6.67. The zero-order chi connectivity index (χ0) is 8.53. The number of rotatable bonds is 5. The summed E-state index contributed by atoms with van der Waals surface area (Å²) in [5.41, 5.74) is 5.77. The van der Waals surface area contributed by atoms with Gasteiger partial charge in [-0.15, -0.1) is 0 Å². The van der Waals surface area contributed by atoms with Crippen molar-refractivity contribution < 1.29 is 9.84 Å². The molecule has 11 heavy (non-hydrogen) atoms. The Bertz CT molecular complexity index is 143. The number of hydrogen-bond acceptors (Lipinski definition) is 4. The zero-order valence-corrected chi connectivity index (χ0v) is 6.66. The monoisotopic (exact) mass is 158 g/mol. The third-order valence-corrected chi connectivity index (χ3v) is 1.08. The number of hydrogen-bond donors (Lipinski definition) is 2. The van der Waals surface area contributed by atoms with Crippen LogP contribution in [-0.2, 0) is 4.74 Å². The van der Waals surface area contributed by atoms with E-state index in [2.05, 4.69) is 4.99 Å². The van der Waals surface area contributed by atoms with Gasteiger partial charge in [0.25, 0.3) is 0 Å². The first-order chi connectivity index (χ1) is 5.35. The molecule has 0 unspecified atom stereocenters. The lowest BCUT2D eigenvalue weighted by atomic mass is 10.3. The fraction of sp³-hybridized carbons (Fsp3) is 0.571. The van der Waals surface area contributed by atoms with Gasteiger partial charge in [0.05, 0.1) is 19.8 Å². The molecule has 0 aliphatic heterocycles. The van der Waals surface area contributed by atoms with Gasteiger partial charge < -0.3 is 15.6 Å². The molecule has 3 N–H and O–H groups in total. The van der Waals surface area contributed by atoms with E-state index in [-0.39, 0.29) is 6.61 Å². The average Bonchev–Trinajstić information content (AvgIpc) is 2.05. The molecule has 0 radical (unpaired) electrons. The van der Waals surface area contributed by atoms with Crippen molar-refractivity contribution in [3.63, 3.8) is 0 Å². The maximum Gasteiger partial charge on any atom is 0.0710 e. The SMILES string of the molecule is COCCN=CC(=CN)CO. The molecule has 0 aliphatic rings. The first kappa shape index (κ1) is 10.1. The second-order valence-corrected chi connectivity index (χ2v) is 1.93. The molecular weight excluding hydrogens is 144 g/mol. The molecule has 0 saturated heterocycles. The van der Waals surface area contributed by atoms with E-state index >= 15 is 0 Å². The van der Waals surface area contributed by atoms with Crippen molar-refractivity contribution in [2.24, 2.45) is 10.7 Å². The van der Waals surface area contributed by atoms with E-state index in [9.17, 15) is 0 Å². The Morgan fingerprint density at radius 3 is 2.91 bits per heavy atom. The molecule has 0 aromatic heterocycles. The average molecular weight is 158 g/mol. The molecule has 0 spiro atoms. The highest BCUT2D eigenvalue weighted by Crippen LogP contribution is 1.83. The molecule has 0 bridgehead atoms. The van der Waals surface area contributed by atoms with Crippen molar-refractivity contribution >= 4 is 6.21 Å². The van der Waals surface area contributed by atoms with Crippen LogP contribution in [0.2, 0.25) is 0 Å². The quantitative estimate of drug-likeness (QED) is 0.420. The number of nitrogens with two attached hydrogens (primary N) is 1. The first-order valence-electron chi connectivity index (χ1n) is 3.35. The minimum Gasteiger partial charge on any atom is -0.404 e. The predicted molar refractivity (Wildman–Crippen MR) is 44.6 cm³/mol. The van der Waals surface area contributed by atoms with Crippen LogP contribution in [0, 0.1) is 0 Å². The minimum atomic E-state index is -0.0764. The summed E-state index contributed by atoms with van der Waals surface area (Å²) in [7, 11) is 1.61. The van der Waals surface area contributed by atoms with Crippen LogP contribution in [0.5, 0.6) is 0 Å². The summed E-state index contributed by atoms with van der Waals surface area (Å²) in [6, 6.07) is 0. The summed E-state index contributed by atoms with van der Waals surface area (Å²) in [4.78, 5) is 3.94. The molecule has 0 fully saturated rings. The Morgan fingerprint density at radius 1 is 1.73 bits per heavy atom. The third kappa shape index (κ3) is 5.57. The maximum absolute atomic E-state index is 8.61. The lowest BCUT2D eigenvalue weighted by Crippen LogP contribution is -1.98. The Hall–Kier alpha value is -0.870. The second kappa shape index (κ2) is 7.24. The largest absolute Gasteiger partial charge is 0.404 e. The lowest BCUT2D eigenvalue weighted by molar-refractivity contribution is 0.208. The molecule has 64 valence electrons. The molecule has 0 saturated carbocycles. The summed E-state index contributed by atoms with van der Waals surface area (Å²) in [5.74, 6) is 0. The normalized spacial score (nSPS) is 12.7. The number of ether oxygens (including phenoxy) is 1.